The minimum atomic E-state index is 0.177. The Hall–Kier alpha value is -1.86. The molecule has 7 heteroatoms. The van der Waals surface area contributed by atoms with Gasteiger partial charge in [0.05, 0.1) is 29.6 Å². The first-order valence-electron chi connectivity index (χ1n) is 8.73. The van der Waals surface area contributed by atoms with Gasteiger partial charge < -0.3 is 15.1 Å². The van der Waals surface area contributed by atoms with Crippen LogP contribution in [0.3, 0.4) is 0 Å². The number of likely N-dealkylation sites (N-methyl/N-ethyl adjacent to an activating group) is 1. The Balaban J connectivity index is 1.96. The Morgan fingerprint density at radius 1 is 1.32 bits per heavy atom. The molecule has 2 rings (SSSR count). The van der Waals surface area contributed by atoms with Gasteiger partial charge in [-0.25, -0.2) is 4.98 Å². The van der Waals surface area contributed by atoms with Gasteiger partial charge in [-0.05, 0) is 39.1 Å². The summed E-state index contributed by atoms with van der Waals surface area (Å²) in [7, 11) is 1.79. The largest absolute Gasteiger partial charge is 0.468 e. The minimum absolute atomic E-state index is 0.177. The van der Waals surface area contributed by atoms with Crippen molar-refractivity contribution >= 4 is 17.3 Å². The van der Waals surface area contributed by atoms with Gasteiger partial charge in [-0.15, -0.1) is 11.3 Å². The van der Waals surface area contributed by atoms with E-state index in [2.05, 4.69) is 39.4 Å². The van der Waals surface area contributed by atoms with Crippen LogP contribution in [0.2, 0.25) is 0 Å². The molecule has 0 saturated carbocycles. The van der Waals surface area contributed by atoms with Gasteiger partial charge in [0.2, 0.25) is 0 Å². The zero-order chi connectivity index (χ0) is 18.2. The maximum atomic E-state index is 5.65. The number of guanidine groups is 1. The van der Waals surface area contributed by atoms with Crippen molar-refractivity contribution in [3.8, 4) is 0 Å². The summed E-state index contributed by atoms with van der Waals surface area (Å²) >= 11 is 1.72. The quantitative estimate of drug-likeness (QED) is 0.557. The van der Waals surface area contributed by atoms with E-state index in [1.807, 2.05) is 26.0 Å². The minimum Gasteiger partial charge on any atom is -0.468 e. The summed E-state index contributed by atoms with van der Waals surface area (Å²) in [5, 5.41) is 7.89. The van der Waals surface area contributed by atoms with Crippen molar-refractivity contribution in [3.63, 3.8) is 0 Å². The van der Waals surface area contributed by atoms with Crippen LogP contribution >= 0.6 is 11.3 Å². The van der Waals surface area contributed by atoms with E-state index >= 15 is 0 Å². The standard InChI is InChI=1S/C18H29N5OS/c1-6-23(7-2)15(16-9-8-10-24-16)11-20-18(19-5)21-12-17-13(3)22-14(4)25-17/h8-10,15H,6-7,11-12H2,1-5H3,(H2,19,20,21). The summed E-state index contributed by atoms with van der Waals surface area (Å²) in [5.74, 6) is 1.76. The van der Waals surface area contributed by atoms with E-state index < -0.39 is 0 Å². The molecule has 0 fully saturated rings. The van der Waals surface area contributed by atoms with E-state index in [4.69, 9.17) is 4.42 Å². The molecule has 0 aliphatic carbocycles. The third-order valence-electron chi connectivity index (χ3n) is 4.23. The summed E-state index contributed by atoms with van der Waals surface area (Å²) < 4.78 is 5.65. The lowest BCUT2D eigenvalue weighted by Crippen LogP contribution is -2.42. The summed E-state index contributed by atoms with van der Waals surface area (Å²) in [6.45, 7) is 11.8. The lowest BCUT2D eigenvalue weighted by Gasteiger charge is -2.28. The van der Waals surface area contributed by atoms with E-state index in [9.17, 15) is 0 Å². The molecule has 0 radical (unpaired) electrons. The predicted octanol–water partition coefficient (Wildman–Crippen LogP) is 3.10. The van der Waals surface area contributed by atoms with Gasteiger partial charge in [0.1, 0.15) is 5.76 Å². The molecule has 25 heavy (non-hydrogen) atoms. The topological polar surface area (TPSA) is 65.7 Å². The molecule has 2 heterocycles. The van der Waals surface area contributed by atoms with Gasteiger partial charge >= 0.3 is 0 Å². The summed E-state index contributed by atoms with van der Waals surface area (Å²) in [5.41, 5.74) is 1.09. The van der Waals surface area contributed by atoms with Crippen LogP contribution in [0.4, 0.5) is 0 Å². The molecule has 0 saturated heterocycles. The average molecular weight is 364 g/mol. The lowest BCUT2D eigenvalue weighted by atomic mass is 10.2. The normalized spacial score (nSPS) is 13.3. The van der Waals surface area contributed by atoms with Crippen molar-refractivity contribution in [2.24, 2.45) is 4.99 Å². The fourth-order valence-corrected chi connectivity index (χ4v) is 3.75. The van der Waals surface area contributed by atoms with E-state index in [-0.39, 0.29) is 6.04 Å². The van der Waals surface area contributed by atoms with E-state index in [1.54, 1.807) is 24.6 Å². The fraction of sp³-hybridized carbons (Fsp3) is 0.556. The number of furan rings is 1. The molecule has 138 valence electrons. The highest BCUT2D eigenvalue weighted by molar-refractivity contribution is 7.11. The summed E-state index contributed by atoms with van der Waals surface area (Å²) in [6.07, 6.45) is 1.73. The Labute approximate surface area is 154 Å². The van der Waals surface area contributed by atoms with Crippen LogP contribution in [0.15, 0.2) is 27.8 Å². The molecule has 0 bridgehead atoms. The van der Waals surface area contributed by atoms with Crippen molar-refractivity contribution < 1.29 is 4.42 Å². The second-order valence-electron chi connectivity index (χ2n) is 5.80. The first kappa shape index (κ1) is 19.5. The Bertz CT molecular complexity index is 661. The zero-order valence-corrected chi connectivity index (χ0v) is 16.6. The average Bonchev–Trinajstić information content (AvgIpc) is 3.23. The number of nitrogens with one attached hydrogen (secondary N) is 2. The first-order valence-corrected chi connectivity index (χ1v) is 9.55. The van der Waals surface area contributed by atoms with Gasteiger partial charge in [-0.3, -0.25) is 9.89 Å². The highest BCUT2D eigenvalue weighted by Crippen LogP contribution is 2.20. The van der Waals surface area contributed by atoms with Gasteiger partial charge in [-0.1, -0.05) is 13.8 Å². The highest BCUT2D eigenvalue weighted by atomic mass is 32.1. The molecular weight excluding hydrogens is 334 g/mol. The Morgan fingerprint density at radius 3 is 2.60 bits per heavy atom. The number of hydrogen-bond donors (Lipinski definition) is 2. The molecule has 2 aromatic heterocycles. The number of aryl methyl sites for hydroxylation is 2. The molecule has 2 aromatic rings. The molecule has 1 unspecified atom stereocenters. The van der Waals surface area contributed by atoms with Gasteiger partial charge in [0.25, 0.3) is 0 Å². The van der Waals surface area contributed by atoms with Crippen molar-refractivity contribution in [2.45, 2.75) is 40.3 Å². The molecule has 0 aliphatic rings. The summed E-state index contributed by atoms with van der Waals surface area (Å²) in [6, 6.07) is 4.15. The second-order valence-corrected chi connectivity index (χ2v) is 7.09. The molecule has 0 amide bonds. The Kier molecular flexibility index (Phi) is 7.46. The molecule has 0 aromatic carbocycles. The van der Waals surface area contributed by atoms with Crippen molar-refractivity contribution in [1.29, 1.82) is 0 Å². The number of aromatic nitrogens is 1. The molecule has 0 aliphatic heterocycles. The number of rotatable bonds is 8. The zero-order valence-electron chi connectivity index (χ0n) is 15.8. The Morgan fingerprint density at radius 2 is 2.08 bits per heavy atom. The fourth-order valence-electron chi connectivity index (χ4n) is 2.87. The molecule has 6 nitrogen and oxygen atoms in total. The van der Waals surface area contributed by atoms with E-state index in [0.29, 0.717) is 0 Å². The van der Waals surface area contributed by atoms with E-state index in [1.165, 1.54) is 4.88 Å². The van der Waals surface area contributed by atoms with Crippen LogP contribution in [0.1, 0.15) is 41.2 Å². The smallest absolute Gasteiger partial charge is 0.191 e. The third kappa shape index (κ3) is 5.31. The molecule has 1 atom stereocenters. The van der Waals surface area contributed by atoms with Crippen LogP contribution in [-0.4, -0.2) is 42.5 Å². The lowest BCUT2D eigenvalue weighted by molar-refractivity contribution is 0.193. The van der Waals surface area contributed by atoms with E-state index in [0.717, 1.165) is 48.6 Å². The van der Waals surface area contributed by atoms with Crippen LogP contribution < -0.4 is 10.6 Å². The number of thiazole rings is 1. The number of hydrogen-bond acceptors (Lipinski definition) is 5. The SMILES string of the molecule is CCN(CC)C(CNC(=NC)NCc1sc(C)nc1C)c1ccco1. The highest BCUT2D eigenvalue weighted by Gasteiger charge is 2.20. The maximum Gasteiger partial charge on any atom is 0.191 e. The van der Waals surface area contributed by atoms with Crippen LogP contribution in [-0.2, 0) is 6.54 Å². The molecule has 2 N–H and O–H groups in total. The second kappa shape index (κ2) is 9.58. The summed E-state index contributed by atoms with van der Waals surface area (Å²) in [4.78, 5) is 12.4. The van der Waals surface area contributed by atoms with Gasteiger partial charge in [0, 0.05) is 18.5 Å². The maximum absolute atomic E-state index is 5.65. The van der Waals surface area contributed by atoms with Gasteiger partial charge in [-0.2, -0.15) is 0 Å². The van der Waals surface area contributed by atoms with Gasteiger partial charge in [0.15, 0.2) is 5.96 Å². The van der Waals surface area contributed by atoms with Crippen LogP contribution in [0, 0.1) is 13.8 Å². The first-order chi connectivity index (χ1) is 12.1. The third-order valence-corrected chi connectivity index (χ3v) is 5.30. The van der Waals surface area contributed by atoms with Crippen LogP contribution in [0.25, 0.3) is 0 Å². The number of nitrogens with zero attached hydrogens (tertiary/aromatic N) is 3. The van der Waals surface area contributed by atoms with Crippen LogP contribution in [0.5, 0.6) is 0 Å². The number of aliphatic imine (C=N–C) groups is 1. The van der Waals surface area contributed by atoms with Crippen molar-refractivity contribution in [1.82, 2.24) is 20.5 Å². The molecule has 0 spiro atoms. The monoisotopic (exact) mass is 363 g/mol. The predicted molar refractivity (Wildman–Crippen MR) is 104 cm³/mol. The molecular formula is C18H29N5OS. The van der Waals surface area contributed by atoms with Crippen molar-refractivity contribution in [2.75, 3.05) is 26.7 Å². The van der Waals surface area contributed by atoms with Crippen molar-refractivity contribution in [3.05, 3.63) is 39.7 Å².